The zero-order valence-corrected chi connectivity index (χ0v) is 14.0. The highest BCUT2D eigenvalue weighted by Crippen LogP contribution is 2.46. The molecule has 6 nitrogen and oxygen atoms in total. The van der Waals surface area contributed by atoms with E-state index in [0.717, 1.165) is 6.92 Å². The van der Waals surface area contributed by atoms with Gasteiger partial charge in [0.05, 0.1) is 14.2 Å². The summed E-state index contributed by atoms with van der Waals surface area (Å²) in [6.45, 7) is 4.44. The van der Waals surface area contributed by atoms with E-state index in [9.17, 15) is 19.8 Å². The van der Waals surface area contributed by atoms with E-state index in [1.54, 1.807) is 13.8 Å². The lowest BCUT2D eigenvalue weighted by atomic mass is 9.79. The van der Waals surface area contributed by atoms with Crippen LogP contribution in [0.5, 0.6) is 11.5 Å². The molecule has 0 atom stereocenters. The molecule has 1 aromatic rings. The monoisotopic (exact) mass is 360 g/mol. The normalized spacial score (nSPS) is 11.1. The summed E-state index contributed by atoms with van der Waals surface area (Å²) in [5, 5.41) is 18.8. The number of carbonyl (C=O) groups is 2. The highest BCUT2D eigenvalue weighted by atomic mass is 79.9. The van der Waals surface area contributed by atoms with Crippen LogP contribution in [0, 0.1) is 13.8 Å². The Morgan fingerprint density at radius 3 is 1.71 bits per heavy atom. The molecule has 0 unspecified atom stereocenters. The Kier molecular flexibility index (Phi) is 4.88. The van der Waals surface area contributed by atoms with Gasteiger partial charge in [-0.25, -0.2) is 0 Å². The molecule has 0 aliphatic heterocycles. The molecule has 0 aliphatic carbocycles. The lowest BCUT2D eigenvalue weighted by Crippen LogP contribution is -2.42. The SMILES string of the molecule is COc1c(C)c(Br)c(C(C)(C(=O)O)C(=O)O)c(C)c1OC. The maximum Gasteiger partial charge on any atom is 0.325 e. The summed E-state index contributed by atoms with van der Waals surface area (Å²) in [7, 11) is 2.88. The number of aliphatic carboxylic acids is 2. The van der Waals surface area contributed by atoms with Gasteiger partial charge in [0.2, 0.25) is 0 Å². The molecule has 1 aromatic carbocycles. The predicted octanol–water partition coefficient (Wildman–Crippen LogP) is 2.51. The van der Waals surface area contributed by atoms with Crippen LogP contribution in [0.4, 0.5) is 0 Å². The molecule has 2 N–H and O–H groups in total. The summed E-state index contributed by atoms with van der Waals surface area (Å²) in [6, 6.07) is 0. The van der Waals surface area contributed by atoms with Crippen LogP contribution in [0.1, 0.15) is 23.6 Å². The van der Waals surface area contributed by atoms with Gasteiger partial charge in [-0.15, -0.1) is 0 Å². The smallest absolute Gasteiger partial charge is 0.325 e. The number of carboxylic acid groups (broad SMARTS) is 2. The van der Waals surface area contributed by atoms with Crippen molar-refractivity contribution in [3.8, 4) is 11.5 Å². The molecule has 0 saturated heterocycles. The van der Waals surface area contributed by atoms with Crippen molar-refractivity contribution in [3.63, 3.8) is 0 Å². The van der Waals surface area contributed by atoms with Gasteiger partial charge >= 0.3 is 11.9 Å². The van der Waals surface area contributed by atoms with Crippen molar-refractivity contribution in [3.05, 3.63) is 21.2 Å². The highest BCUT2D eigenvalue weighted by molar-refractivity contribution is 9.10. The zero-order valence-electron chi connectivity index (χ0n) is 12.4. The first-order chi connectivity index (χ1) is 9.64. The van der Waals surface area contributed by atoms with E-state index in [1.807, 2.05) is 0 Å². The zero-order chi connectivity index (χ0) is 16.5. The topological polar surface area (TPSA) is 93.1 Å². The van der Waals surface area contributed by atoms with Gasteiger partial charge in [0.25, 0.3) is 0 Å². The molecular weight excluding hydrogens is 344 g/mol. The fourth-order valence-corrected chi connectivity index (χ4v) is 3.17. The number of carboxylic acids is 2. The Hall–Kier alpha value is -1.76. The van der Waals surface area contributed by atoms with Crippen molar-refractivity contribution in [1.82, 2.24) is 0 Å². The lowest BCUT2D eigenvalue weighted by Gasteiger charge is -2.27. The van der Waals surface area contributed by atoms with Crippen molar-refractivity contribution >= 4 is 27.9 Å². The van der Waals surface area contributed by atoms with Gasteiger partial charge in [-0.05, 0) is 20.8 Å². The molecule has 116 valence electrons. The third-order valence-electron chi connectivity index (χ3n) is 3.57. The molecule has 0 aromatic heterocycles. The Morgan fingerprint density at radius 2 is 1.38 bits per heavy atom. The second-order valence-electron chi connectivity index (χ2n) is 4.74. The quantitative estimate of drug-likeness (QED) is 0.783. The second-order valence-corrected chi connectivity index (χ2v) is 5.53. The number of methoxy groups -OCH3 is 2. The maximum absolute atomic E-state index is 11.6. The van der Waals surface area contributed by atoms with E-state index >= 15 is 0 Å². The van der Waals surface area contributed by atoms with Gasteiger partial charge in [0.15, 0.2) is 16.9 Å². The van der Waals surface area contributed by atoms with Crippen molar-refractivity contribution < 1.29 is 29.3 Å². The fourth-order valence-electron chi connectivity index (χ4n) is 2.30. The minimum absolute atomic E-state index is 0.137. The van der Waals surface area contributed by atoms with Crippen LogP contribution in [0.15, 0.2) is 4.47 Å². The summed E-state index contributed by atoms with van der Waals surface area (Å²) in [4.78, 5) is 23.1. The summed E-state index contributed by atoms with van der Waals surface area (Å²) in [6.07, 6.45) is 0. The Morgan fingerprint density at radius 1 is 1.00 bits per heavy atom. The Bertz CT molecular complexity index is 594. The average molecular weight is 361 g/mol. The third-order valence-corrected chi connectivity index (χ3v) is 4.57. The first-order valence-corrected chi connectivity index (χ1v) is 6.81. The van der Waals surface area contributed by atoms with Crippen molar-refractivity contribution in [2.24, 2.45) is 0 Å². The molecule has 0 aliphatic rings. The largest absolute Gasteiger partial charge is 0.493 e. The van der Waals surface area contributed by atoms with Crippen LogP contribution in [0.3, 0.4) is 0 Å². The Labute approximate surface area is 130 Å². The van der Waals surface area contributed by atoms with E-state index < -0.39 is 17.4 Å². The van der Waals surface area contributed by atoms with E-state index in [4.69, 9.17) is 9.47 Å². The van der Waals surface area contributed by atoms with Crippen LogP contribution in [0.2, 0.25) is 0 Å². The number of hydrogen-bond acceptors (Lipinski definition) is 4. The van der Waals surface area contributed by atoms with Gasteiger partial charge in [0, 0.05) is 21.2 Å². The van der Waals surface area contributed by atoms with Crippen molar-refractivity contribution in [1.29, 1.82) is 0 Å². The standard InChI is InChI=1S/C14H17BrO6/c1-6-8(14(3,12(16)17)13(18)19)9(15)7(2)11(21-5)10(6)20-4/h1-5H3,(H,16,17)(H,18,19). The van der Waals surface area contributed by atoms with Gasteiger partial charge in [0.1, 0.15) is 0 Å². The molecule has 0 amide bonds. The molecule has 21 heavy (non-hydrogen) atoms. The molecule has 0 spiro atoms. The average Bonchev–Trinajstić information content (AvgIpc) is 2.41. The molecule has 0 bridgehead atoms. The van der Waals surface area contributed by atoms with Gasteiger partial charge in [-0.3, -0.25) is 9.59 Å². The summed E-state index contributed by atoms with van der Waals surface area (Å²) in [5.41, 5.74) is -0.992. The van der Waals surface area contributed by atoms with Crippen LogP contribution < -0.4 is 9.47 Å². The molecule has 0 heterocycles. The second kappa shape index (κ2) is 5.93. The lowest BCUT2D eigenvalue weighted by molar-refractivity contribution is -0.156. The summed E-state index contributed by atoms with van der Waals surface area (Å²) < 4.78 is 10.9. The first-order valence-electron chi connectivity index (χ1n) is 6.02. The fraction of sp³-hybridized carbons (Fsp3) is 0.429. The summed E-state index contributed by atoms with van der Waals surface area (Å²) >= 11 is 3.30. The number of rotatable bonds is 5. The molecule has 0 fully saturated rings. The van der Waals surface area contributed by atoms with E-state index in [0.29, 0.717) is 27.1 Å². The number of halogens is 1. The molecule has 0 radical (unpaired) electrons. The Balaban J connectivity index is 3.92. The van der Waals surface area contributed by atoms with Crippen LogP contribution in [0.25, 0.3) is 0 Å². The third kappa shape index (κ3) is 2.46. The van der Waals surface area contributed by atoms with Crippen molar-refractivity contribution in [2.45, 2.75) is 26.2 Å². The predicted molar refractivity (Wildman–Crippen MR) is 79.3 cm³/mol. The number of hydrogen-bond donors (Lipinski definition) is 2. The van der Waals surface area contributed by atoms with Gasteiger partial charge in [-0.2, -0.15) is 0 Å². The van der Waals surface area contributed by atoms with Crippen LogP contribution in [-0.4, -0.2) is 36.4 Å². The summed E-state index contributed by atoms with van der Waals surface area (Å²) in [5.74, 6) is -2.15. The number of benzene rings is 1. The molecule has 1 rings (SSSR count). The maximum atomic E-state index is 11.6. The van der Waals surface area contributed by atoms with E-state index in [1.165, 1.54) is 14.2 Å². The van der Waals surface area contributed by atoms with Gasteiger partial charge < -0.3 is 19.7 Å². The minimum atomic E-state index is -2.10. The molecule has 7 heteroatoms. The van der Waals surface area contributed by atoms with E-state index in [-0.39, 0.29) is 5.56 Å². The first kappa shape index (κ1) is 17.3. The molecular formula is C14H17BrO6. The van der Waals surface area contributed by atoms with Gasteiger partial charge in [-0.1, -0.05) is 15.9 Å². The minimum Gasteiger partial charge on any atom is -0.493 e. The van der Waals surface area contributed by atoms with Crippen molar-refractivity contribution in [2.75, 3.05) is 14.2 Å². The van der Waals surface area contributed by atoms with E-state index in [2.05, 4.69) is 15.9 Å². The van der Waals surface area contributed by atoms with Crippen LogP contribution in [-0.2, 0) is 15.0 Å². The highest BCUT2D eigenvalue weighted by Gasteiger charge is 2.47. The number of ether oxygens (including phenoxy) is 2. The van der Waals surface area contributed by atoms with Crippen LogP contribution >= 0.6 is 15.9 Å². The molecule has 0 saturated carbocycles.